The van der Waals surface area contributed by atoms with Crippen LogP contribution < -0.4 is 20.2 Å². The van der Waals surface area contributed by atoms with E-state index in [1.807, 2.05) is 6.26 Å². The van der Waals surface area contributed by atoms with Gasteiger partial charge in [-0.1, -0.05) is 0 Å². The van der Waals surface area contributed by atoms with Crippen LogP contribution in [0.4, 0.5) is 13.2 Å². The monoisotopic (exact) mass is 561 g/mol. The van der Waals surface area contributed by atoms with Crippen LogP contribution in [0.15, 0.2) is 46.0 Å². The van der Waals surface area contributed by atoms with Crippen LogP contribution in [0.2, 0.25) is 0 Å². The van der Waals surface area contributed by atoms with Gasteiger partial charge in [-0.3, -0.25) is 9.59 Å². The average molecular weight is 562 g/mol. The third kappa shape index (κ3) is 7.66. The molecular weight excluding hydrogens is 539 g/mol. The summed E-state index contributed by atoms with van der Waals surface area (Å²) >= 11 is 4.85. The Labute approximate surface area is 207 Å². The van der Waals surface area contributed by atoms with Crippen LogP contribution in [0.5, 0.6) is 11.5 Å². The maximum atomic E-state index is 12.7. The Balaban J connectivity index is 2.09. The van der Waals surface area contributed by atoms with Crippen LogP contribution >= 0.6 is 27.7 Å². The minimum Gasteiger partial charge on any atom is -0.493 e. The molecule has 0 saturated heterocycles. The molecule has 0 aliphatic rings. The second-order valence-corrected chi connectivity index (χ2v) is 8.70. The summed E-state index contributed by atoms with van der Waals surface area (Å²) in [5.41, 5.74) is 2.14. The number of hydrogen-bond acceptors (Lipinski definition) is 6. The van der Waals surface area contributed by atoms with Crippen molar-refractivity contribution in [3.63, 3.8) is 0 Å². The molecule has 1 unspecified atom stereocenters. The second kappa shape index (κ2) is 12.7. The first-order chi connectivity index (χ1) is 16.1. The quantitative estimate of drug-likeness (QED) is 0.329. The predicted octanol–water partition coefficient (Wildman–Crippen LogP) is 4.49. The summed E-state index contributed by atoms with van der Waals surface area (Å²) in [6.07, 6.45) is -0.957. The number of halogens is 4. The molecule has 2 aromatic carbocycles. The summed E-state index contributed by atoms with van der Waals surface area (Å²) in [4.78, 5) is 25.1. The summed E-state index contributed by atoms with van der Waals surface area (Å²) in [5, 5.41) is 6.49. The van der Waals surface area contributed by atoms with Gasteiger partial charge in [0.2, 0.25) is 0 Å². The van der Waals surface area contributed by atoms with E-state index < -0.39 is 29.6 Å². The molecule has 184 valence electrons. The highest BCUT2D eigenvalue weighted by atomic mass is 79.9. The number of methoxy groups -OCH3 is 2. The van der Waals surface area contributed by atoms with E-state index in [0.717, 1.165) is 24.3 Å². The number of amides is 2. The lowest BCUT2D eigenvalue weighted by Crippen LogP contribution is -2.45. The Morgan fingerprint density at radius 3 is 2.41 bits per heavy atom. The zero-order chi connectivity index (χ0) is 25.3. The van der Waals surface area contributed by atoms with Gasteiger partial charge < -0.3 is 14.8 Å². The molecular formula is C22H23BrF3N3O4S. The Morgan fingerprint density at radius 2 is 1.85 bits per heavy atom. The molecule has 0 aliphatic carbocycles. The Bertz CT molecular complexity index is 1030. The van der Waals surface area contributed by atoms with Crippen LogP contribution in [-0.2, 0) is 11.0 Å². The number of rotatable bonds is 10. The molecule has 12 heteroatoms. The molecule has 0 aliphatic heterocycles. The van der Waals surface area contributed by atoms with Crippen LogP contribution in [-0.4, -0.2) is 50.3 Å². The van der Waals surface area contributed by atoms with Crippen molar-refractivity contribution in [3.05, 3.63) is 57.6 Å². The van der Waals surface area contributed by atoms with E-state index in [0.29, 0.717) is 33.7 Å². The van der Waals surface area contributed by atoms with E-state index in [9.17, 15) is 22.8 Å². The Kier molecular flexibility index (Phi) is 10.2. The van der Waals surface area contributed by atoms with E-state index in [4.69, 9.17) is 9.47 Å². The van der Waals surface area contributed by atoms with Crippen molar-refractivity contribution in [1.82, 2.24) is 10.7 Å². The van der Waals surface area contributed by atoms with Gasteiger partial charge in [0.25, 0.3) is 11.8 Å². The number of nitrogens with zero attached hydrogens (tertiary/aromatic N) is 1. The number of nitrogens with one attached hydrogen (secondary N) is 2. The second-order valence-electron chi connectivity index (χ2n) is 6.86. The molecule has 0 fully saturated rings. The molecule has 2 amide bonds. The lowest BCUT2D eigenvalue weighted by Gasteiger charge is -2.17. The lowest BCUT2D eigenvalue weighted by molar-refractivity contribution is -0.137. The highest BCUT2D eigenvalue weighted by Crippen LogP contribution is 2.35. The van der Waals surface area contributed by atoms with Gasteiger partial charge >= 0.3 is 6.18 Å². The fraction of sp³-hybridized carbons (Fsp3) is 0.318. The third-order valence-electron chi connectivity index (χ3n) is 4.55. The predicted molar refractivity (Wildman–Crippen MR) is 129 cm³/mol. The number of hydrazone groups is 1. The van der Waals surface area contributed by atoms with Gasteiger partial charge in [0.05, 0.1) is 30.5 Å². The molecule has 0 bridgehead atoms. The molecule has 2 aromatic rings. The summed E-state index contributed by atoms with van der Waals surface area (Å²) in [5.74, 6) is 0.309. The van der Waals surface area contributed by atoms with Gasteiger partial charge in [0.1, 0.15) is 6.04 Å². The topological polar surface area (TPSA) is 89.0 Å². The third-order valence-corrected chi connectivity index (χ3v) is 5.78. The molecule has 34 heavy (non-hydrogen) atoms. The van der Waals surface area contributed by atoms with Crippen molar-refractivity contribution in [2.45, 2.75) is 18.6 Å². The molecule has 0 heterocycles. The number of benzene rings is 2. The van der Waals surface area contributed by atoms with E-state index in [1.165, 1.54) is 32.2 Å². The first kappa shape index (κ1) is 27.5. The first-order valence-corrected chi connectivity index (χ1v) is 12.0. The first-order valence-electron chi connectivity index (χ1n) is 9.82. The van der Waals surface area contributed by atoms with Crippen LogP contribution in [0.25, 0.3) is 0 Å². The zero-order valence-electron chi connectivity index (χ0n) is 18.5. The molecule has 0 spiro atoms. The maximum Gasteiger partial charge on any atom is 0.416 e. The van der Waals surface area contributed by atoms with E-state index in [1.54, 1.807) is 12.1 Å². The van der Waals surface area contributed by atoms with Crippen molar-refractivity contribution in [3.8, 4) is 11.5 Å². The molecule has 0 aromatic heterocycles. The minimum atomic E-state index is -4.50. The standard InChI is InChI=1S/C22H23BrF3N3O4S/c1-32-18-11-13(10-16(23)19(18)33-2)12-27-29-21(31)17(8-9-34-3)28-20(30)14-4-6-15(7-5-14)22(24,25)26/h4-7,10-12,17H,8-9H2,1-3H3,(H,28,30)(H,29,31)/b27-12+. The van der Waals surface area contributed by atoms with Crippen LogP contribution in [0.1, 0.15) is 27.9 Å². The van der Waals surface area contributed by atoms with E-state index in [2.05, 4.69) is 31.8 Å². The fourth-order valence-electron chi connectivity index (χ4n) is 2.82. The Hall–Kier alpha value is -2.73. The smallest absolute Gasteiger partial charge is 0.416 e. The Morgan fingerprint density at radius 1 is 1.18 bits per heavy atom. The van der Waals surface area contributed by atoms with Gasteiger partial charge in [0, 0.05) is 5.56 Å². The number of thioether (sulfide) groups is 1. The van der Waals surface area contributed by atoms with Crippen LogP contribution in [0, 0.1) is 0 Å². The van der Waals surface area contributed by atoms with Gasteiger partial charge in [-0.05, 0) is 76.3 Å². The molecule has 0 saturated carbocycles. The summed E-state index contributed by atoms with van der Waals surface area (Å²) in [6.45, 7) is 0. The van der Waals surface area contributed by atoms with E-state index in [-0.39, 0.29) is 5.56 Å². The van der Waals surface area contributed by atoms with Crippen LogP contribution in [0.3, 0.4) is 0 Å². The number of ether oxygens (including phenoxy) is 2. The maximum absolute atomic E-state index is 12.7. The molecule has 1 atom stereocenters. The van der Waals surface area contributed by atoms with Crippen molar-refractivity contribution >= 4 is 45.7 Å². The molecule has 7 nitrogen and oxygen atoms in total. The fourth-order valence-corrected chi connectivity index (χ4v) is 3.91. The van der Waals surface area contributed by atoms with Crippen molar-refractivity contribution in [1.29, 1.82) is 0 Å². The zero-order valence-corrected chi connectivity index (χ0v) is 20.9. The molecule has 2 N–H and O–H groups in total. The number of alkyl halides is 3. The number of carbonyl (C=O) groups is 2. The number of hydrogen-bond donors (Lipinski definition) is 2. The summed E-state index contributed by atoms with van der Waals surface area (Å²) in [7, 11) is 2.99. The normalized spacial score (nSPS) is 12.3. The van der Waals surface area contributed by atoms with Gasteiger partial charge in [-0.25, -0.2) is 5.43 Å². The van der Waals surface area contributed by atoms with Crippen molar-refractivity contribution in [2.75, 3.05) is 26.2 Å². The van der Waals surface area contributed by atoms with Crippen molar-refractivity contribution < 1.29 is 32.2 Å². The minimum absolute atomic E-state index is 0.00799. The largest absolute Gasteiger partial charge is 0.493 e. The van der Waals surface area contributed by atoms with Gasteiger partial charge in [0.15, 0.2) is 11.5 Å². The van der Waals surface area contributed by atoms with Gasteiger partial charge in [-0.2, -0.15) is 30.0 Å². The highest BCUT2D eigenvalue weighted by molar-refractivity contribution is 9.10. The SMILES string of the molecule is COc1cc(/C=N/NC(=O)C(CCSC)NC(=O)c2ccc(C(F)(F)F)cc2)cc(Br)c1OC. The average Bonchev–Trinajstić information content (AvgIpc) is 2.80. The van der Waals surface area contributed by atoms with E-state index >= 15 is 0 Å². The number of carbonyl (C=O) groups excluding carboxylic acids is 2. The van der Waals surface area contributed by atoms with Crippen molar-refractivity contribution in [2.24, 2.45) is 5.10 Å². The lowest BCUT2D eigenvalue weighted by atomic mass is 10.1. The highest BCUT2D eigenvalue weighted by Gasteiger charge is 2.30. The van der Waals surface area contributed by atoms with Gasteiger partial charge in [-0.15, -0.1) is 0 Å². The molecule has 0 radical (unpaired) electrons. The summed E-state index contributed by atoms with van der Waals surface area (Å²) in [6, 6.07) is 6.21. The summed E-state index contributed by atoms with van der Waals surface area (Å²) < 4.78 is 49.3. The molecule has 2 rings (SSSR count).